The largest absolute Gasteiger partial charge is 0.381 e. The van der Waals surface area contributed by atoms with Crippen molar-refractivity contribution >= 4 is 5.69 Å². The maximum Gasteiger partial charge on any atom is 0.145 e. The molecule has 2 aromatic carbocycles. The predicted molar refractivity (Wildman–Crippen MR) is 64.9 cm³/mol. The fraction of sp³-hybridized carbons (Fsp3) is 0.0714. The van der Waals surface area contributed by atoms with Crippen molar-refractivity contribution in [2.24, 2.45) is 0 Å². The zero-order valence-corrected chi connectivity index (χ0v) is 9.15. The molecule has 0 bridgehead atoms. The Labute approximate surface area is 99.3 Å². The molecular weight excluding hydrogens is 215 g/mol. The Morgan fingerprint density at radius 1 is 1.06 bits per heavy atom. The molecular formula is C14H11FN2. The van der Waals surface area contributed by atoms with Gasteiger partial charge in [-0.3, -0.25) is 0 Å². The summed E-state index contributed by atoms with van der Waals surface area (Å²) in [5.74, 6) is -0.446. The van der Waals surface area contributed by atoms with Crippen molar-refractivity contribution in [2.45, 2.75) is 6.54 Å². The van der Waals surface area contributed by atoms with E-state index in [0.29, 0.717) is 12.1 Å². The van der Waals surface area contributed by atoms with E-state index in [1.54, 1.807) is 12.1 Å². The summed E-state index contributed by atoms with van der Waals surface area (Å²) < 4.78 is 13.7. The van der Waals surface area contributed by atoms with Crippen LogP contribution in [0.25, 0.3) is 0 Å². The van der Waals surface area contributed by atoms with E-state index in [1.165, 1.54) is 6.07 Å². The molecule has 17 heavy (non-hydrogen) atoms. The van der Waals surface area contributed by atoms with Gasteiger partial charge in [0.2, 0.25) is 0 Å². The van der Waals surface area contributed by atoms with Crippen LogP contribution in [0.5, 0.6) is 0 Å². The summed E-state index contributed by atoms with van der Waals surface area (Å²) in [4.78, 5) is 0. The Hall–Kier alpha value is -2.34. The molecule has 0 radical (unpaired) electrons. The van der Waals surface area contributed by atoms with Crippen LogP contribution in [0.3, 0.4) is 0 Å². The van der Waals surface area contributed by atoms with Crippen molar-refractivity contribution in [1.29, 1.82) is 5.26 Å². The first-order valence-corrected chi connectivity index (χ1v) is 5.27. The molecule has 84 valence electrons. The maximum absolute atomic E-state index is 13.7. The summed E-state index contributed by atoms with van der Waals surface area (Å²) in [7, 11) is 0. The van der Waals surface area contributed by atoms with Crippen molar-refractivity contribution in [3.63, 3.8) is 0 Å². The third-order valence-electron chi connectivity index (χ3n) is 2.46. The lowest BCUT2D eigenvalue weighted by molar-refractivity contribution is 0.609. The molecule has 0 atom stereocenters. The first kappa shape index (κ1) is 11.2. The molecule has 0 aliphatic heterocycles. The van der Waals surface area contributed by atoms with Crippen LogP contribution in [0.2, 0.25) is 0 Å². The van der Waals surface area contributed by atoms with E-state index in [9.17, 15) is 4.39 Å². The molecule has 3 heteroatoms. The van der Waals surface area contributed by atoms with E-state index in [2.05, 4.69) is 5.32 Å². The van der Waals surface area contributed by atoms with Crippen molar-refractivity contribution < 1.29 is 4.39 Å². The van der Waals surface area contributed by atoms with Gasteiger partial charge in [-0.05, 0) is 18.2 Å². The Balaban J connectivity index is 2.13. The zero-order chi connectivity index (χ0) is 12.1. The van der Waals surface area contributed by atoms with Crippen LogP contribution in [-0.2, 0) is 6.54 Å². The highest BCUT2D eigenvalue weighted by Gasteiger charge is 2.06. The van der Waals surface area contributed by atoms with E-state index in [4.69, 9.17) is 5.26 Å². The Morgan fingerprint density at radius 3 is 2.53 bits per heavy atom. The molecule has 0 saturated carbocycles. The molecule has 0 heterocycles. The predicted octanol–water partition coefficient (Wildman–Crippen LogP) is 3.31. The van der Waals surface area contributed by atoms with Gasteiger partial charge in [0.25, 0.3) is 0 Å². The topological polar surface area (TPSA) is 35.8 Å². The number of para-hydroxylation sites is 1. The van der Waals surface area contributed by atoms with Gasteiger partial charge < -0.3 is 5.32 Å². The molecule has 1 N–H and O–H groups in total. The van der Waals surface area contributed by atoms with Gasteiger partial charge in [0.1, 0.15) is 11.9 Å². The van der Waals surface area contributed by atoms with Gasteiger partial charge in [0, 0.05) is 17.8 Å². The van der Waals surface area contributed by atoms with Gasteiger partial charge >= 0.3 is 0 Å². The van der Waals surface area contributed by atoms with Gasteiger partial charge in [-0.25, -0.2) is 4.39 Å². The first-order chi connectivity index (χ1) is 8.31. The summed E-state index contributed by atoms with van der Waals surface area (Å²) in [6, 6.07) is 16.2. The molecule has 0 unspecified atom stereocenters. The number of hydrogen-bond acceptors (Lipinski definition) is 2. The van der Waals surface area contributed by atoms with E-state index < -0.39 is 5.82 Å². The second-order valence-corrected chi connectivity index (χ2v) is 3.61. The Bertz CT molecular complexity index is 544. The highest BCUT2D eigenvalue weighted by molar-refractivity contribution is 5.44. The standard InChI is InChI=1S/C14H11FN2/c15-14-11(9-16)5-4-6-12(14)10-17-13-7-2-1-3-8-13/h1-8,17H,10H2. The minimum absolute atomic E-state index is 0.0809. The van der Waals surface area contributed by atoms with Crippen LogP contribution in [0, 0.1) is 17.1 Å². The van der Waals surface area contributed by atoms with Crippen LogP contribution in [-0.4, -0.2) is 0 Å². The minimum atomic E-state index is -0.446. The van der Waals surface area contributed by atoms with Gasteiger partial charge in [-0.2, -0.15) is 5.26 Å². The third-order valence-corrected chi connectivity index (χ3v) is 2.46. The van der Waals surface area contributed by atoms with Crippen molar-refractivity contribution in [3.8, 4) is 6.07 Å². The SMILES string of the molecule is N#Cc1cccc(CNc2ccccc2)c1F. The molecule has 0 saturated heterocycles. The number of anilines is 1. The van der Waals surface area contributed by atoms with E-state index >= 15 is 0 Å². The number of nitrogens with one attached hydrogen (secondary N) is 1. The molecule has 2 rings (SSSR count). The van der Waals surface area contributed by atoms with Crippen molar-refractivity contribution in [1.82, 2.24) is 0 Å². The number of benzene rings is 2. The Kier molecular flexibility index (Phi) is 3.37. The second-order valence-electron chi connectivity index (χ2n) is 3.61. The number of rotatable bonds is 3. The van der Waals surface area contributed by atoms with Gasteiger partial charge in [0.15, 0.2) is 0 Å². The number of halogens is 1. The lowest BCUT2D eigenvalue weighted by Gasteiger charge is -2.07. The van der Waals surface area contributed by atoms with Crippen LogP contribution < -0.4 is 5.32 Å². The molecule has 2 aromatic rings. The smallest absolute Gasteiger partial charge is 0.145 e. The summed E-state index contributed by atoms with van der Waals surface area (Å²) in [5, 5.41) is 11.8. The number of hydrogen-bond donors (Lipinski definition) is 1. The summed E-state index contributed by atoms with van der Waals surface area (Å²) in [6.45, 7) is 0.366. The number of nitriles is 1. The average Bonchev–Trinajstić information content (AvgIpc) is 2.39. The molecule has 0 aliphatic carbocycles. The molecule has 0 fully saturated rings. The summed E-state index contributed by atoms with van der Waals surface area (Å²) in [6.07, 6.45) is 0. The summed E-state index contributed by atoms with van der Waals surface area (Å²) in [5.41, 5.74) is 1.50. The van der Waals surface area contributed by atoms with Crippen LogP contribution >= 0.6 is 0 Å². The molecule has 2 nitrogen and oxygen atoms in total. The highest BCUT2D eigenvalue weighted by Crippen LogP contribution is 2.14. The zero-order valence-electron chi connectivity index (χ0n) is 9.15. The first-order valence-electron chi connectivity index (χ1n) is 5.27. The van der Waals surface area contributed by atoms with Crippen molar-refractivity contribution in [3.05, 3.63) is 65.5 Å². The quantitative estimate of drug-likeness (QED) is 0.871. The van der Waals surface area contributed by atoms with Gasteiger partial charge in [0.05, 0.1) is 5.56 Å². The second kappa shape index (κ2) is 5.13. The molecule has 0 spiro atoms. The Morgan fingerprint density at radius 2 is 1.82 bits per heavy atom. The molecule has 0 aliphatic rings. The number of nitrogens with zero attached hydrogens (tertiary/aromatic N) is 1. The van der Waals surface area contributed by atoms with Gasteiger partial charge in [-0.1, -0.05) is 30.3 Å². The van der Waals surface area contributed by atoms with E-state index in [0.717, 1.165) is 5.69 Å². The fourth-order valence-corrected chi connectivity index (χ4v) is 1.56. The van der Waals surface area contributed by atoms with E-state index in [-0.39, 0.29) is 5.56 Å². The van der Waals surface area contributed by atoms with Crippen molar-refractivity contribution in [2.75, 3.05) is 5.32 Å². The highest BCUT2D eigenvalue weighted by atomic mass is 19.1. The lowest BCUT2D eigenvalue weighted by atomic mass is 10.1. The maximum atomic E-state index is 13.7. The van der Waals surface area contributed by atoms with Gasteiger partial charge in [-0.15, -0.1) is 0 Å². The lowest BCUT2D eigenvalue weighted by Crippen LogP contribution is -2.02. The molecule has 0 amide bonds. The summed E-state index contributed by atoms with van der Waals surface area (Å²) >= 11 is 0. The minimum Gasteiger partial charge on any atom is -0.381 e. The average molecular weight is 226 g/mol. The van der Waals surface area contributed by atoms with E-state index in [1.807, 2.05) is 36.4 Å². The van der Waals surface area contributed by atoms with Crippen LogP contribution in [0.15, 0.2) is 48.5 Å². The van der Waals surface area contributed by atoms with Crippen LogP contribution in [0.1, 0.15) is 11.1 Å². The fourth-order valence-electron chi connectivity index (χ4n) is 1.56. The third kappa shape index (κ3) is 2.61. The monoisotopic (exact) mass is 226 g/mol. The van der Waals surface area contributed by atoms with Crippen LogP contribution in [0.4, 0.5) is 10.1 Å². The molecule has 0 aromatic heterocycles. The normalized spacial score (nSPS) is 9.65.